The van der Waals surface area contributed by atoms with Gasteiger partial charge in [-0.25, -0.2) is 0 Å². The smallest absolute Gasteiger partial charge is 0.174 e. The molecule has 0 radical (unpaired) electrons. The van der Waals surface area contributed by atoms with Gasteiger partial charge in [-0.2, -0.15) is 0 Å². The Bertz CT molecular complexity index is 186. The van der Waals surface area contributed by atoms with Crippen LogP contribution in [0.25, 0.3) is 0 Å². The van der Waals surface area contributed by atoms with Gasteiger partial charge in [0, 0.05) is 11.8 Å². The monoisotopic (exact) mass is 189 g/mol. The third-order valence-electron chi connectivity index (χ3n) is 1.14. The van der Waals surface area contributed by atoms with E-state index in [4.69, 9.17) is 5.73 Å². The molecule has 1 heterocycles. The number of nitrogens with two attached hydrogens (primary N) is 1. The van der Waals surface area contributed by atoms with E-state index in [9.17, 15) is 0 Å². The molecule has 0 spiro atoms. The van der Waals surface area contributed by atoms with Crippen molar-refractivity contribution in [3.8, 4) is 0 Å². The summed E-state index contributed by atoms with van der Waals surface area (Å²) in [5, 5.41) is 7.64. The van der Waals surface area contributed by atoms with Crippen molar-refractivity contribution in [3.63, 3.8) is 0 Å². The lowest BCUT2D eigenvalue weighted by Crippen LogP contribution is -2.15. The molecule has 0 fully saturated rings. The maximum absolute atomic E-state index is 5.59. The zero-order valence-corrected chi connectivity index (χ0v) is 7.99. The molecule has 1 aromatic heterocycles. The van der Waals surface area contributed by atoms with Crippen LogP contribution >= 0.6 is 23.1 Å². The van der Waals surface area contributed by atoms with E-state index >= 15 is 0 Å². The second-order valence-electron chi connectivity index (χ2n) is 2.32. The third-order valence-corrected chi connectivity index (χ3v) is 3.03. The SMILES string of the molecule is CC(N)CCSc1nncs1. The van der Waals surface area contributed by atoms with Crippen LogP contribution in [-0.2, 0) is 0 Å². The van der Waals surface area contributed by atoms with E-state index in [-0.39, 0.29) is 6.04 Å². The van der Waals surface area contributed by atoms with E-state index in [1.165, 1.54) is 0 Å². The minimum Gasteiger partial charge on any atom is -0.328 e. The first-order valence-electron chi connectivity index (χ1n) is 3.43. The zero-order valence-electron chi connectivity index (χ0n) is 6.36. The number of rotatable bonds is 4. The lowest BCUT2D eigenvalue weighted by Gasteiger charge is -2.00. The molecule has 0 aliphatic heterocycles. The molecule has 62 valence electrons. The van der Waals surface area contributed by atoms with Gasteiger partial charge in [0.05, 0.1) is 0 Å². The van der Waals surface area contributed by atoms with Crippen LogP contribution in [0.15, 0.2) is 9.85 Å². The Kier molecular flexibility index (Phi) is 3.82. The molecule has 0 saturated carbocycles. The molecule has 5 heteroatoms. The van der Waals surface area contributed by atoms with Gasteiger partial charge in [0.1, 0.15) is 5.51 Å². The molecular formula is C6H11N3S2. The van der Waals surface area contributed by atoms with Crippen molar-refractivity contribution in [2.75, 3.05) is 5.75 Å². The predicted molar refractivity (Wildman–Crippen MR) is 48.9 cm³/mol. The lowest BCUT2D eigenvalue weighted by atomic mass is 10.3. The predicted octanol–water partition coefficient (Wildman–Crippen LogP) is 1.37. The Morgan fingerprint density at radius 2 is 2.64 bits per heavy atom. The normalized spacial score (nSPS) is 13.3. The summed E-state index contributed by atoms with van der Waals surface area (Å²) in [4.78, 5) is 0. The van der Waals surface area contributed by atoms with Gasteiger partial charge in [0.25, 0.3) is 0 Å². The van der Waals surface area contributed by atoms with E-state index in [1.54, 1.807) is 28.6 Å². The van der Waals surface area contributed by atoms with Crippen LogP contribution in [0.2, 0.25) is 0 Å². The minimum absolute atomic E-state index is 0.287. The molecular weight excluding hydrogens is 178 g/mol. The lowest BCUT2D eigenvalue weighted by molar-refractivity contribution is 0.721. The van der Waals surface area contributed by atoms with Crippen molar-refractivity contribution in [1.29, 1.82) is 0 Å². The molecule has 1 rings (SSSR count). The van der Waals surface area contributed by atoms with Gasteiger partial charge >= 0.3 is 0 Å². The van der Waals surface area contributed by atoms with E-state index in [1.807, 2.05) is 6.92 Å². The Labute approximate surface area is 74.4 Å². The van der Waals surface area contributed by atoms with Crippen LogP contribution in [0.5, 0.6) is 0 Å². The molecule has 0 aliphatic carbocycles. The number of hydrogen-bond acceptors (Lipinski definition) is 5. The molecule has 0 aliphatic rings. The number of hydrogen-bond donors (Lipinski definition) is 1. The van der Waals surface area contributed by atoms with Gasteiger partial charge < -0.3 is 5.73 Å². The molecule has 1 aromatic rings. The Morgan fingerprint density at radius 1 is 1.82 bits per heavy atom. The summed E-state index contributed by atoms with van der Waals surface area (Å²) in [6.45, 7) is 2.01. The Morgan fingerprint density at radius 3 is 3.18 bits per heavy atom. The summed E-state index contributed by atoms with van der Waals surface area (Å²) in [5.74, 6) is 1.03. The molecule has 0 aromatic carbocycles. The van der Waals surface area contributed by atoms with Gasteiger partial charge in [-0.3, -0.25) is 0 Å². The zero-order chi connectivity index (χ0) is 8.10. The largest absolute Gasteiger partial charge is 0.328 e. The average Bonchev–Trinajstić information content (AvgIpc) is 2.39. The van der Waals surface area contributed by atoms with Gasteiger partial charge in [0.15, 0.2) is 4.34 Å². The first-order valence-corrected chi connectivity index (χ1v) is 5.30. The fraction of sp³-hybridized carbons (Fsp3) is 0.667. The maximum atomic E-state index is 5.59. The Hall–Kier alpha value is -0.130. The fourth-order valence-corrected chi connectivity index (χ4v) is 2.26. The number of thioether (sulfide) groups is 1. The van der Waals surface area contributed by atoms with E-state index < -0.39 is 0 Å². The number of nitrogens with zero attached hydrogens (tertiary/aromatic N) is 2. The highest BCUT2D eigenvalue weighted by Gasteiger charge is 1.98. The van der Waals surface area contributed by atoms with Gasteiger partial charge in [-0.1, -0.05) is 23.1 Å². The van der Waals surface area contributed by atoms with Gasteiger partial charge in [-0.15, -0.1) is 10.2 Å². The summed E-state index contributed by atoms with van der Waals surface area (Å²) in [6, 6.07) is 0.287. The summed E-state index contributed by atoms with van der Waals surface area (Å²) >= 11 is 3.29. The van der Waals surface area contributed by atoms with Crippen molar-refractivity contribution in [1.82, 2.24) is 10.2 Å². The molecule has 2 N–H and O–H groups in total. The number of aromatic nitrogens is 2. The summed E-state index contributed by atoms with van der Waals surface area (Å²) in [6.07, 6.45) is 1.03. The van der Waals surface area contributed by atoms with Crippen molar-refractivity contribution in [2.24, 2.45) is 5.73 Å². The standard InChI is InChI=1S/C6H11N3S2/c1-5(7)2-3-10-6-9-8-4-11-6/h4-5H,2-3,7H2,1H3. The van der Waals surface area contributed by atoms with Crippen LogP contribution in [0, 0.1) is 0 Å². The molecule has 11 heavy (non-hydrogen) atoms. The van der Waals surface area contributed by atoms with Crippen molar-refractivity contribution >= 4 is 23.1 Å². The van der Waals surface area contributed by atoms with E-state index in [0.29, 0.717) is 0 Å². The average molecular weight is 189 g/mol. The van der Waals surface area contributed by atoms with E-state index in [2.05, 4.69) is 10.2 Å². The molecule has 0 saturated heterocycles. The first-order chi connectivity index (χ1) is 5.29. The highest BCUT2D eigenvalue weighted by Crippen LogP contribution is 2.19. The molecule has 0 bridgehead atoms. The summed E-state index contributed by atoms with van der Waals surface area (Å²) < 4.78 is 1.03. The second kappa shape index (κ2) is 4.69. The molecule has 0 amide bonds. The molecule has 1 atom stereocenters. The van der Waals surface area contributed by atoms with Crippen LogP contribution in [0.1, 0.15) is 13.3 Å². The molecule has 1 unspecified atom stereocenters. The van der Waals surface area contributed by atoms with Crippen LogP contribution in [0.4, 0.5) is 0 Å². The van der Waals surface area contributed by atoms with Crippen molar-refractivity contribution in [3.05, 3.63) is 5.51 Å². The first kappa shape index (κ1) is 8.96. The molecule has 3 nitrogen and oxygen atoms in total. The van der Waals surface area contributed by atoms with Gasteiger partial charge in [-0.05, 0) is 13.3 Å². The van der Waals surface area contributed by atoms with Crippen LogP contribution < -0.4 is 5.73 Å². The van der Waals surface area contributed by atoms with E-state index in [0.717, 1.165) is 16.5 Å². The highest BCUT2D eigenvalue weighted by atomic mass is 32.2. The third kappa shape index (κ3) is 3.69. The summed E-state index contributed by atoms with van der Waals surface area (Å²) in [7, 11) is 0. The van der Waals surface area contributed by atoms with Crippen LogP contribution in [0.3, 0.4) is 0 Å². The summed E-state index contributed by atoms with van der Waals surface area (Å²) in [5.41, 5.74) is 7.33. The minimum atomic E-state index is 0.287. The Balaban J connectivity index is 2.14. The van der Waals surface area contributed by atoms with Crippen molar-refractivity contribution < 1.29 is 0 Å². The van der Waals surface area contributed by atoms with Crippen LogP contribution in [-0.4, -0.2) is 22.0 Å². The highest BCUT2D eigenvalue weighted by molar-refractivity contribution is 8.00. The van der Waals surface area contributed by atoms with Gasteiger partial charge in [0.2, 0.25) is 0 Å². The second-order valence-corrected chi connectivity index (χ2v) is 4.49. The fourth-order valence-electron chi connectivity index (χ4n) is 0.558. The maximum Gasteiger partial charge on any atom is 0.174 e. The topological polar surface area (TPSA) is 51.8 Å². The quantitative estimate of drug-likeness (QED) is 0.727. The van der Waals surface area contributed by atoms with Crippen molar-refractivity contribution in [2.45, 2.75) is 23.7 Å².